The Labute approximate surface area is 104 Å². The number of rotatable bonds is 5. The van der Waals surface area contributed by atoms with E-state index in [1.165, 1.54) is 0 Å². The fourth-order valence-corrected chi connectivity index (χ4v) is 2.07. The van der Waals surface area contributed by atoms with E-state index in [-0.39, 0.29) is 5.56 Å². The molecule has 0 unspecified atom stereocenters. The molecule has 0 aromatic carbocycles. The van der Waals surface area contributed by atoms with Crippen molar-refractivity contribution in [3.05, 3.63) is 27.1 Å². The first-order valence-corrected chi connectivity index (χ1v) is 6.25. The van der Waals surface area contributed by atoms with Crippen LogP contribution in [-0.4, -0.2) is 29.1 Å². The van der Waals surface area contributed by atoms with Crippen molar-refractivity contribution in [1.29, 1.82) is 0 Å². The van der Waals surface area contributed by atoms with Crippen LogP contribution in [0.3, 0.4) is 0 Å². The maximum Gasteiger partial charge on any atom is 0.265 e. The van der Waals surface area contributed by atoms with Crippen molar-refractivity contribution >= 4 is 21.6 Å². The molecule has 1 aromatic rings. The van der Waals surface area contributed by atoms with Gasteiger partial charge in [-0.3, -0.25) is 4.79 Å². The molecule has 4 nitrogen and oxygen atoms in total. The van der Waals surface area contributed by atoms with Gasteiger partial charge in [-0.2, -0.15) is 0 Å². The Kier molecular flexibility index (Phi) is 5.02. The van der Waals surface area contributed by atoms with Crippen LogP contribution in [-0.2, 0) is 6.54 Å². The number of hydrogen-bond acceptors (Lipinski definition) is 3. The molecule has 0 aliphatic carbocycles. The zero-order valence-electron chi connectivity index (χ0n) is 9.74. The van der Waals surface area contributed by atoms with Gasteiger partial charge >= 0.3 is 0 Å². The molecule has 0 radical (unpaired) electrons. The van der Waals surface area contributed by atoms with Crippen molar-refractivity contribution in [2.75, 3.05) is 25.4 Å². The maximum atomic E-state index is 11.8. The van der Waals surface area contributed by atoms with E-state index in [2.05, 4.69) is 34.7 Å². The summed E-state index contributed by atoms with van der Waals surface area (Å²) in [5.41, 5.74) is 6.27. The zero-order chi connectivity index (χ0) is 12.1. The first-order valence-electron chi connectivity index (χ1n) is 5.46. The Morgan fingerprint density at radius 2 is 2.06 bits per heavy atom. The lowest BCUT2D eigenvalue weighted by molar-refractivity contribution is 0.289. The van der Waals surface area contributed by atoms with E-state index in [0.717, 1.165) is 19.6 Å². The van der Waals surface area contributed by atoms with Crippen LogP contribution in [0.4, 0.5) is 5.69 Å². The summed E-state index contributed by atoms with van der Waals surface area (Å²) in [6.45, 7) is 7.75. The third-order valence-corrected chi connectivity index (χ3v) is 3.18. The van der Waals surface area contributed by atoms with Crippen LogP contribution in [0.1, 0.15) is 13.8 Å². The minimum absolute atomic E-state index is 0.0265. The van der Waals surface area contributed by atoms with Crippen LogP contribution in [0.5, 0.6) is 0 Å². The van der Waals surface area contributed by atoms with Gasteiger partial charge in [0.25, 0.3) is 5.56 Å². The Hall–Kier alpha value is -0.810. The number of nitrogens with zero attached hydrogens (tertiary/aromatic N) is 2. The van der Waals surface area contributed by atoms with Crippen molar-refractivity contribution in [2.45, 2.75) is 20.4 Å². The highest BCUT2D eigenvalue weighted by atomic mass is 79.9. The van der Waals surface area contributed by atoms with Crippen molar-refractivity contribution in [2.24, 2.45) is 0 Å². The molecule has 0 bridgehead atoms. The Balaban J connectivity index is 2.77. The molecule has 5 heteroatoms. The Morgan fingerprint density at radius 3 is 2.62 bits per heavy atom. The van der Waals surface area contributed by atoms with Crippen molar-refractivity contribution in [3.8, 4) is 0 Å². The molecular weight excluding hydrogens is 270 g/mol. The number of pyridine rings is 1. The predicted octanol–water partition coefficient (Wildman–Crippen LogP) is 1.53. The molecular formula is C11H18BrN3O. The summed E-state index contributed by atoms with van der Waals surface area (Å²) in [4.78, 5) is 14.0. The highest BCUT2D eigenvalue weighted by molar-refractivity contribution is 9.10. The monoisotopic (exact) mass is 287 g/mol. The summed E-state index contributed by atoms with van der Waals surface area (Å²) in [7, 11) is 0. The second-order valence-corrected chi connectivity index (χ2v) is 4.50. The van der Waals surface area contributed by atoms with Gasteiger partial charge in [-0.1, -0.05) is 13.8 Å². The van der Waals surface area contributed by atoms with Gasteiger partial charge in [-0.25, -0.2) is 0 Å². The summed E-state index contributed by atoms with van der Waals surface area (Å²) in [6, 6.07) is 1.64. The largest absolute Gasteiger partial charge is 0.398 e. The normalized spacial score (nSPS) is 11.0. The van der Waals surface area contributed by atoms with E-state index >= 15 is 0 Å². The van der Waals surface area contributed by atoms with Crippen molar-refractivity contribution < 1.29 is 0 Å². The molecule has 0 fully saturated rings. The van der Waals surface area contributed by atoms with Crippen LogP contribution in [0.2, 0.25) is 0 Å². The molecule has 1 rings (SSSR count). The number of anilines is 1. The molecule has 1 heterocycles. The predicted molar refractivity (Wildman–Crippen MR) is 70.6 cm³/mol. The molecule has 1 aromatic heterocycles. The SMILES string of the molecule is CCN(CC)CCn1cc(N)cc(Br)c1=O. The average molecular weight is 288 g/mol. The summed E-state index contributed by atoms with van der Waals surface area (Å²) >= 11 is 3.21. The second-order valence-electron chi connectivity index (χ2n) is 3.65. The minimum Gasteiger partial charge on any atom is -0.398 e. The highest BCUT2D eigenvalue weighted by Gasteiger charge is 2.04. The van der Waals surface area contributed by atoms with E-state index in [9.17, 15) is 4.79 Å². The molecule has 16 heavy (non-hydrogen) atoms. The van der Waals surface area contributed by atoms with Gasteiger partial charge in [0.1, 0.15) is 0 Å². The first-order chi connectivity index (χ1) is 7.58. The number of aromatic nitrogens is 1. The van der Waals surface area contributed by atoms with E-state index in [1.54, 1.807) is 16.8 Å². The van der Waals surface area contributed by atoms with E-state index in [1.807, 2.05) is 0 Å². The number of nitrogen functional groups attached to an aromatic ring is 1. The molecule has 0 spiro atoms. The summed E-state index contributed by atoms with van der Waals surface area (Å²) in [5, 5.41) is 0. The van der Waals surface area contributed by atoms with Gasteiger partial charge in [0.2, 0.25) is 0 Å². The van der Waals surface area contributed by atoms with Gasteiger partial charge in [0, 0.05) is 25.0 Å². The molecule has 0 aliphatic rings. The fourth-order valence-electron chi connectivity index (χ4n) is 1.58. The van der Waals surface area contributed by atoms with Gasteiger partial charge in [0.05, 0.1) is 4.47 Å². The third-order valence-electron chi connectivity index (χ3n) is 2.62. The van der Waals surface area contributed by atoms with E-state index < -0.39 is 0 Å². The van der Waals surface area contributed by atoms with Crippen LogP contribution in [0.25, 0.3) is 0 Å². The van der Waals surface area contributed by atoms with E-state index in [0.29, 0.717) is 16.7 Å². The molecule has 0 saturated carbocycles. The lowest BCUT2D eigenvalue weighted by Crippen LogP contribution is -2.31. The van der Waals surface area contributed by atoms with Gasteiger partial charge < -0.3 is 15.2 Å². The summed E-state index contributed by atoms with van der Waals surface area (Å²) in [6.07, 6.45) is 1.69. The molecule has 0 aliphatic heterocycles. The number of likely N-dealkylation sites (N-methyl/N-ethyl adjacent to an activating group) is 1. The molecule has 0 atom stereocenters. The van der Waals surface area contributed by atoms with Gasteiger partial charge in [-0.05, 0) is 35.1 Å². The lowest BCUT2D eigenvalue weighted by atomic mass is 10.4. The van der Waals surface area contributed by atoms with E-state index in [4.69, 9.17) is 5.73 Å². The molecule has 90 valence electrons. The summed E-state index contributed by atoms with van der Waals surface area (Å²) in [5.74, 6) is 0. The number of halogens is 1. The van der Waals surface area contributed by atoms with Crippen molar-refractivity contribution in [3.63, 3.8) is 0 Å². The molecule has 0 saturated heterocycles. The highest BCUT2D eigenvalue weighted by Crippen LogP contribution is 2.08. The third kappa shape index (κ3) is 3.35. The zero-order valence-corrected chi connectivity index (χ0v) is 11.3. The number of nitrogens with two attached hydrogens (primary N) is 1. The second kappa shape index (κ2) is 6.06. The average Bonchev–Trinajstić information content (AvgIpc) is 2.26. The van der Waals surface area contributed by atoms with Crippen LogP contribution < -0.4 is 11.3 Å². The minimum atomic E-state index is -0.0265. The van der Waals surface area contributed by atoms with Gasteiger partial charge in [0.15, 0.2) is 0 Å². The molecule has 0 amide bonds. The standard InChI is InChI=1S/C11H18BrN3O/c1-3-14(4-2)5-6-15-8-9(13)7-10(12)11(15)16/h7-8H,3-6,13H2,1-2H3. The smallest absolute Gasteiger partial charge is 0.265 e. The van der Waals surface area contributed by atoms with Crippen LogP contribution in [0, 0.1) is 0 Å². The van der Waals surface area contributed by atoms with Crippen LogP contribution >= 0.6 is 15.9 Å². The van der Waals surface area contributed by atoms with Crippen molar-refractivity contribution in [1.82, 2.24) is 9.47 Å². The van der Waals surface area contributed by atoms with Crippen LogP contribution in [0.15, 0.2) is 21.5 Å². The Bertz CT molecular complexity index is 399. The van der Waals surface area contributed by atoms with Gasteiger partial charge in [-0.15, -0.1) is 0 Å². The quantitative estimate of drug-likeness (QED) is 0.894. The lowest BCUT2D eigenvalue weighted by Gasteiger charge is -2.18. The molecule has 2 N–H and O–H groups in total. The maximum absolute atomic E-state index is 11.8. The Morgan fingerprint density at radius 1 is 1.44 bits per heavy atom. The fraction of sp³-hybridized carbons (Fsp3) is 0.545. The summed E-state index contributed by atoms with van der Waals surface area (Å²) < 4.78 is 2.17. The topological polar surface area (TPSA) is 51.3 Å². The first kappa shape index (κ1) is 13.3. The number of hydrogen-bond donors (Lipinski definition) is 1.